The highest BCUT2D eigenvalue weighted by atomic mass is 35.7. The minimum atomic E-state index is -3.97. The van der Waals surface area contributed by atoms with Crippen LogP contribution < -0.4 is 0 Å². The number of hydrogen-bond acceptors (Lipinski definition) is 4. The van der Waals surface area contributed by atoms with E-state index in [1.807, 2.05) is 0 Å². The zero-order valence-electron chi connectivity index (χ0n) is 11.6. The lowest BCUT2D eigenvalue weighted by Crippen LogP contribution is -2.21. The van der Waals surface area contributed by atoms with Crippen molar-refractivity contribution in [3.63, 3.8) is 0 Å². The van der Waals surface area contributed by atoms with E-state index in [1.165, 1.54) is 19.1 Å². The summed E-state index contributed by atoms with van der Waals surface area (Å²) in [6, 6.07) is 2.63. The molecule has 1 aliphatic carbocycles. The standard InChI is InChI=1S/C14H16Cl2O4S/c1-9-12(15)7-10(8-13(9)21(16,18)19)14(17)20-11-5-3-2-4-6-11/h7-8,11H,2-6H2,1H3. The molecular weight excluding hydrogens is 335 g/mol. The van der Waals surface area contributed by atoms with E-state index in [1.54, 1.807) is 0 Å². The molecule has 0 bridgehead atoms. The molecule has 0 heterocycles. The Morgan fingerprint density at radius 3 is 2.43 bits per heavy atom. The molecule has 0 amide bonds. The third kappa shape index (κ3) is 4.11. The Balaban J connectivity index is 2.27. The summed E-state index contributed by atoms with van der Waals surface area (Å²) < 4.78 is 28.5. The van der Waals surface area contributed by atoms with Crippen molar-refractivity contribution in [2.45, 2.75) is 50.0 Å². The van der Waals surface area contributed by atoms with Gasteiger partial charge in [-0.3, -0.25) is 0 Å². The highest BCUT2D eigenvalue weighted by Gasteiger charge is 2.23. The minimum absolute atomic E-state index is 0.107. The van der Waals surface area contributed by atoms with E-state index in [-0.39, 0.29) is 21.6 Å². The Labute approximate surface area is 133 Å². The van der Waals surface area contributed by atoms with E-state index in [9.17, 15) is 13.2 Å². The molecule has 0 aromatic heterocycles. The maximum Gasteiger partial charge on any atom is 0.338 e. The van der Waals surface area contributed by atoms with Crippen LogP contribution in [-0.4, -0.2) is 20.5 Å². The van der Waals surface area contributed by atoms with Crippen molar-refractivity contribution in [1.82, 2.24) is 0 Å². The lowest BCUT2D eigenvalue weighted by atomic mass is 9.98. The number of halogens is 2. The van der Waals surface area contributed by atoms with Crippen molar-refractivity contribution in [3.05, 3.63) is 28.3 Å². The second kappa shape index (κ2) is 6.55. The van der Waals surface area contributed by atoms with Crippen LogP contribution in [0.15, 0.2) is 17.0 Å². The van der Waals surface area contributed by atoms with Crippen LogP contribution in [0.1, 0.15) is 48.0 Å². The smallest absolute Gasteiger partial charge is 0.338 e. The fourth-order valence-electron chi connectivity index (χ4n) is 2.43. The minimum Gasteiger partial charge on any atom is -0.459 e. The third-order valence-corrected chi connectivity index (χ3v) is 5.46. The number of ether oxygens (including phenoxy) is 1. The topological polar surface area (TPSA) is 60.4 Å². The zero-order valence-corrected chi connectivity index (χ0v) is 13.9. The Bertz CT molecular complexity index is 649. The second-order valence-corrected chi connectivity index (χ2v) is 8.13. The lowest BCUT2D eigenvalue weighted by molar-refractivity contribution is 0.0211. The molecule has 21 heavy (non-hydrogen) atoms. The van der Waals surface area contributed by atoms with Gasteiger partial charge in [0.1, 0.15) is 6.10 Å². The van der Waals surface area contributed by atoms with Gasteiger partial charge in [0.2, 0.25) is 0 Å². The fourth-order valence-corrected chi connectivity index (χ4v) is 3.93. The van der Waals surface area contributed by atoms with Crippen LogP contribution in [-0.2, 0) is 13.8 Å². The van der Waals surface area contributed by atoms with Crippen molar-refractivity contribution >= 4 is 37.3 Å². The van der Waals surface area contributed by atoms with E-state index in [0.717, 1.165) is 32.1 Å². The summed E-state index contributed by atoms with van der Waals surface area (Å²) in [6.07, 6.45) is 4.79. The predicted octanol–water partition coefficient (Wildman–Crippen LogP) is 4.07. The average Bonchev–Trinajstić information content (AvgIpc) is 2.41. The van der Waals surface area contributed by atoms with Gasteiger partial charge in [0.25, 0.3) is 9.05 Å². The average molecular weight is 351 g/mol. The van der Waals surface area contributed by atoms with E-state index >= 15 is 0 Å². The van der Waals surface area contributed by atoms with Gasteiger partial charge in [-0.25, -0.2) is 13.2 Å². The van der Waals surface area contributed by atoms with Crippen LogP contribution in [0.3, 0.4) is 0 Å². The number of esters is 1. The van der Waals surface area contributed by atoms with E-state index < -0.39 is 15.0 Å². The Morgan fingerprint density at radius 1 is 1.24 bits per heavy atom. The van der Waals surface area contributed by atoms with Gasteiger partial charge in [0.05, 0.1) is 10.5 Å². The van der Waals surface area contributed by atoms with Crippen LogP contribution >= 0.6 is 22.3 Å². The molecule has 0 spiro atoms. The summed E-state index contributed by atoms with van der Waals surface area (Å²) in [5.41, 5.74) is 0.427. The molecule has 0 atom stereocenters. The molecule has 1 fully saturated rings. The highest BCUT2D eigenvalue weighted by Crippen LogP contribution is 2.29. The monoisotopic (exact) mass is 350 g/mol. The Morgan fingerprint density at radius 2 is 1.86 bits per heavy atom. The number of rotatable bonds is 3. The molecule has 0 N–H and O–H groups in total. The summed E-state index contributed by atoms with van der Waals surface area (Å²) >= 11 is 5.98. The number of benzene rings is 1. The molecule has 0 saturated heterocycles. The summed E-state index contributed by atoms with van der Waals surface area (Å²) in [6.45, 7) is 1.54. The van der Waals surface area contributed by atoms with Crippen LogP contribution in [0.2, 0.25) is 5.02 Å². The van der Waals surface area contributed by atoms with Crippen LogP contribution in [0.4, 0.5) is 0 Å². The maximum absolute atomic E-state index is 12.1. The van der Waals surface area contributed by atoms with Gasteiger partial charge in [-0.05, 0) is 50.3 Å². The molecule has 116 valence electrons. The van der Waals surface area contributed by atoms with Crippen molar-refractivity contribution in [2.75, 3.05) is 0 Å². The summed E-state index contributed by atoms with van der Waals surface area (Å²) in [7, 11) is 1.40. The van der Waals surface area contributed by atoms with E-state index in [0.29, 0.717) is 5.56 Å². The number of carbonyl (C=O) groups is 1. The molecule has 1 saturated carbocycles. The normalized spacial score (nSPS) is 16.7. The van der Waals surface area contributed by atoms with Gasteiger partial charge in [-0.15, -0.1) is 0 Å². The Hall–Kier alpha value is -0.780. The quantitative estimate of drug-likeness (QED) is 0.609. The molecule has 1 aliphatic rings. The summed E-state index contributed by atoms with van der Waals surface area (Å²) in [5.74, 6) is -0.564. The first kappa shape index (κ1) is 16.6. The van der Waals surface area contributed by atoms with Gasteiger partial charge < -0.3 is 4.74 Å². The highest BCUT2D eigenvalue weighted by molar-refractivity contribution is 8.13. The van der Waals surface area contributed by atoms with Gasteiger partial charge in [0.15, 0.2) is 0 Å². The van der Waals surface area contributed by atoms with Crippen LogP contribution in [0, 0.1) is 6.92 Å². The molecule has 0 aliphatic heterocycles. The first-order valence-electron chi connectivity index (χ1n) is 6.75. The second-order valence-electron chi connectivity index (χ2n) is 5.18. The SMILES string of the molecule is Cc1c(Cl)cc(C(=O)OC2CCCCC2)cc1S(=O)(=O)Cl. The van der Waals surface area contributed by atoms with Crippen molar-refractivity contribution < 1.29 is 17.9 Å². The van der Waals surface area contributed by atoms with Gasteiger partial charge >= 0.3 is 5.97 Å². The molecule has 4 nitrogen and oxygen atoms in total. The van der Waals surface area contributed by atoms with E-state index in [4.69, 9.17) is 27.0 Å². The molecule has 7 heteroatoms. The fraction of sp³-hybridized carbons (Fsp3) is 0.500. The molecule has 0 unspecified atom stereocenters. The largest absolute Gasteiger partial charge is 0.459 e. The zero-order chi connectivity index (χ0) is 15.6. The first-order valence-corrected chi connectivity index (χ1v) is 9.43. The lowest BCUT2D eigenvalue weighted by Gasteiger charge is -2.22. The van der Waals surface area contributed by atoms with Crippen LogP contribution in [0.25, 0.3) is 0 Å². The van der Waals surface area contributed by atoms with Gasteiger partial charge in [-0.1, -0.05) is 18.0 Å². The van der Waals surface area contributed by atoms with Crippen LogP contribution in [0.5, 0.6) is 0 Å². The molecular formula is C14H16Cl2O4S. The molecule has 2 rings (SSSR count). The van der Waals surface area contributed by atoms with Crippen molar-refractivity contribution in [1.29, 1.82) is 0 Å². The van der Waals surface area contributed by atoms with Crippen molar-refractivity contribution in [3.8, 4) is 0 Å². The Kier molecular flexibility index (Phi) is 5.17. The predicted molar refractivity (Wildman–Crippen MR) is 81.5 cm³/mol. The van der Waals surface area contributed by atoms with Gasteiger partial charge in [0, 0.05) is 15.7 Å². The number of carbonyl (C=O) groups excluding carboxylic acids is 1. The maximum atomic E-state index is 12.1. The van der Waals surface area contributed by atoms with Gasteiger partial charge in [-0.2, -0.15) is 0 Å². The molecule has 1 aromatic carbocycles. The summed E-state index contributed by atoms with van der Waals surface area (Å²) in [4.78, 5) is 12.0. The van der Waals surface area contributed by atoms with E-state index in [2.05, 4.69) is 0 Å². The summed E-state index contributed by atoms with van der Waals surface area (Å²) in [5, 5.41) is 0.173. The third-order valence-electron chi connectivity index (χ3n) is 3.62. The van der Waals surface area contributed by atoms with Crippen molar-refractivity contribution in [2.24, 2.45) is 0 Å². The number of hydrogen-bond donors (Lipinski definition) is 0. The first-order chi connectivity index (χ1) is 9.79. The molecule has 0 radical (unpaired) electrons. The molecule has 1 aromatic rings.